The molecule has 0 radical (unpaired) electrons. The molecule has 1 heterocycles. The van der Waals surface area contributed by atoms with Crippen LogP contribution in [0.5, 0.6) is 0 Å². The van der Waals surface area contributed by atoms with Crippen molar-refractivity contribution >= 4 is 10.0 Å². The van der Waals surface area contributed by atoms with E-state index in [-0.39, 0.29) is 25.6 Å². The van der Waals surface area contributed by atoms with Crippen LogP contribution in [-0.2, 0) is 10.0 Å². The van der Waals surface area contributed by atoms with Crippen molar-refractivity contribution in [2.24, 2.45) is 5.92 Å². The first-order valence-electron chi connectivity index (χ1n) is 6.02. The monoisotopic (exact) mass is 291 g/mol. The minimum absolute atomic E-state index is 0.113. The Morgan fingerprint density at radius 3 is 2.79 bits per heavy atom. The molecule has 4 nitrogen and oxygen atoms in total. The Morgan fingerprint density at radius 2 is 2.11 bits per heavy atom. The van der Waals surface area contributed by atoms with Gasteiger partial charge in [-0.05, 0) is 30.9 Å². The lowest BCUT2D eigenvalue weighted by molar-refractivity contribution is 0.165. The van der Waals surface area contributed by atoms with Gasteiger partial charge in [-0.25, -0.2) is 17.2 Å². The summed E-state index contributed by atoms with van der Waals surface area (Å²) in [6, 6.07) is 3.09. The molecule has 1 atom stereocenters. The molecule has 0 aromatic heterocycles. The second-order valence-corrected chi connectivity index (χ2v) is 6.51. The molecule has 0 spiro atoms. The van der Waals surface area contributed by atoms with Crippen LogP contribution in [0.3, 0.4) is 0 Å². The fourth-order valence-electron chi connectivity index (χ4n) is 2.22. The SMILES string of the molecule is O=S(=O)(c1cccc(F)c1F)N1CCCC(CO)C1. The van der Waals surface area contributed by atoms with Crippen molar-refractivity contribution in [1.29, 1.82) is 0 Å². The number of sulfonamides is 1. The summed E-state index contributed by atoms with van der Waals surface area (Å²) in [5.41, 5.74) is 0. The van der Waals surface area contributed by atoms with Gasteiger partial charge in [0.1, 0.15) is 4.90 Å². The Labute approximate surface area is 110 Å². The molecule has 19 heavy (non-hydrogen) atoms. The molecule has 1 aliphatic heterocycles. The normalized spacial score (nSPS) is 21.5. The van der Waals surface area contributed by atoms with Crippen molar-refractivity contribution in [3.8, 4) is 0 Å². The average Bonchev–Trinajstić information content (AvgIpc) is 2.41. The second-order valence-electron chi connectivity index (χ2n) is 4.61. The van der Waals surface area contributed by atoms with Gasteiger partial charge in [-0.3, -0.25) is 0 Å². The van der Waals surface area contributed by atoms with Crippen molar-refractivity contribution in [1.82, 2.24) is 4.31 Å². The zero-order chi connectivity index (χ0) is 14.0. The maximum absolute atomic E-state index is 13.6. The molecule has 1 fully saturated rings. The summed E-state index contributed by atoms with van der Waals surface area (Å²) in [6.45, 7) is 0.279. The molecule has 7 heteroatoms. The van der Waals surface area contributed by atoms with Gasteiger partial charge < -0.3 is 5.11 Å². The maximum Gasteiger partial charge on any atom is 0.246 e. The molecule has 1 unspecified atom stereocenters. The number of piperidine rings is 1. The molecule has 106 valence electrons. The highest BCUT2D eigenvalue weighted by molar-refractivity contribution is 7.89. The molecule has 0 aliphatic carbocycles. The molecule has 2 rings (SSSR count). The van der Waals surface area contributed by atoms with Crippen LogP contribution in [-0.4, -0.2) is 37.5 Å². The highest BCUT2D eigenvalue weighted by Crippen LogP contribution is 2.25. The van der Waals surface area contributed by atoms with E-state index in [1.807, 2.05) is 0 Å². The number of rotatable bonds is 3. The molecular formula is C12H15F2NO3S. The predicted molar refractivity (Wildman–Crippen MR) is 64.9 cm³/mol. The van der Waals surface area contributed by atoms with Gasteiger partial charge in [0.05, 0.1) is 0 Å². The van der Waals surface area contributed by atoms with Gasteiger partial charge in [-0.1, -0.05) is 6.07 Å². The number of hydrogen-bond acceptors (Lipinski definition) is 3. The number of nitrogens with zero attached hydrogens (tertiary/aromatic N) is 1. The zero-order valence-corrected chi connectivity index (χ0v) is 11.0. The van der Waals surface area contributed by atoms with E-state index in [4.69, 9.17) is 5.11 Å². The minimum atomic E-state index is -4.05. The van der Waals surface area contributed by atoms with Crippen LogP contribution in [0.1, 0.15) is 12.8 Å². The number of halogens is 2. The molecule has 1 aliphatic rings. The Balaban J connectivity index is 2.34. The number of hydrogen-bond donors (Lipinski definition) is 1. The maximum atomic E-state index is 13.6. The van der Waals surface area contributed by atoms with E-state index in [9.17, 15) is 17.2 Å². The van der Waals surface area contributed by atoms with Crippen molar-refractivity contribution < 1.29 is 22.3 Å². The van der Waals surface area contributed by atoms with Crippen LogP contribution in [0.2, 0.25) is 0 Å². The third-order valence-electron chi connectivity index (χ3n) is 3.27. The fourth-order valence-corrected chi connectivity index (χ4v) is 3.85. The summed E-state index contributed by atoms with van der Waals surface area (Å²) < 4.78 is 52.3. The van der Waals surface area contributed by atoms with E-state index in [0.717, 1.165) is 22.9 Å². The number of benzene rings is 1. The Hall–Kier alpha value is -1.05. The lowest BCUT2D eigenvalue weighted by atomic mass is 10.0. The molecule has 0 bridgehead atoms. The van der Waals surface area contributed by atoms with Crippen molar-refractivity contribution in [3.05, 3.63) is 29.8 Å². The first-order chi connectivity index (χ1) is 8.96. The quantitative estimate of drug-likeness (QED) is 0.915. The second kappa shape index (κ2) is 5.52. The van der Waals surface area contributed by atoms with E-state index in [1.165, 1.54) is 6.07 Å². The molecule has 1 aromatic rings. The lowest BCUT2D eigenvalue weighted by Gasteiger charge is -2.31. The standard InChI is InChI=1S/C12H15F2NO3S/c13-10-4-1-5-11(12(10)14)19(17,18)15-6-2-3-9(7-15)8-16/h1,4-5,9,16H,2-3,6-8H2. The predicted octanol–water partition coefficient (Wildman–Crippen LogP) is 1.36. The summed E-state index contributed by atoms with van der Waals surface area (Å²) in [6.07, 6.45) is 1.33. The third kappa shape index (κ3) is 2.77. The third-order valence-corrected chi connectivity index (χ3v) is 5.16. The van der Waals surface area contributed by atoms with Crippen LogP contribution < -0.4 is 0 Å². The van der Waals surface area contributed by atoms with Crippen LogP contribution >= 0.6 is 0 Å². The molecule has 1 N–H and O–H groups in total. The van der Waals surface area contributed by atoms with Gasteiger partial charge >= 0.3 is 0 Å². The van der Waals surface area contributed by atoms with Crippen molar-refractivity contribution in [2.45, 2.75) is 17.7 Å². The molecule has 1 saturated heterocycles. The van der Waals surface area contributed by atoms with Crippen LogP contribution in [0, 0.1) is 17.6 Å². The first-order valence-corrected chi connectivity index (χ1v) is 7.46. The average molecular weight is 291 g/mol. The van der Waals surface area contributed by atoms with Crippen LogP contribution in [0.15, 0.2) is 23.1 Å². The number of aliphatic hydroxyl groups excluding tert-OH is 1. The summed E-state index contributed by atoms with van der Waals surface area (Å²) in [4.78, 5) is -0.647. The smallest absolute Gasteiger partial charge is 0.246 e. The van der Waals surface area contributed by atoms with Gasteiger partial charge in [0.2, 0.25) is 10.0 Å². The van der Waals surface area contributed by atoms with Gasteiger partial charge in [-0.2, -0.15) is 4.31 Å². The lowest BCUT2D eigenvalue weighted by Crippen LogP contribution is -2.41. The van der Waals surface area contributed by atoms with Gasteiger partial charge in [-0.15, -0.1) is 0 Å². The number of aliphatic hydroxyl groups is 1. The molecular weight excluding hydrogens is 276 g/mol. The highest BCUT2D eigenvalue weighted by Gasteiger charge is 2.32. The van der Waals surface area contributed by atoms with Crippen LogP contribution in [0.4, 0.5) is 8.78 Å². The summed E-state index contributed by atoms with van der Waals surface area (Å²) in [5.74, 6) is -2.69. The Kier molecular flexibility index (Phi) is 4.17. The van der Waals surface area contributed by atoms with Crippen molar-refractivity contribution in [3.63, 3.8) is 0 Å². The fraction of sp³-hybridized carbons (Fsp3) is 0.500. The highest BCUT2D eigenvalue weighted by atomic mass is 32.2. The summed E-state index contributed by atoms with van der Waals surface area (Å²) in [5, 5.41) is 9.09. The first kappa shape index (κ1) is 14.4. The van der Waals surface area contributed by atoms with Gasteiger partial charge in [0.15, 0.2) is 11.6 Å². The molecule has 0 saturated carbocycles. The van der Waals surface area contributed by atoms with E-state index in [2.05, 4.69) is 0 Å². The van der Waals surface area contributed by atoms with Crippen LogP contribution in [0.25, 0.3) is 0 Å². The van der Waals surface area contributed by atoms with E-state index >= 15 is 0 Å². The summed E-state index contributed by atoms with van der Waals surface area (Å²) in [7, 11) is -4.05. The van der Waals surface area contributed by atoms with E-state index in [0.29, 0.717) is 6.42 Å². The minimum Gasteiger partial charge on any atom is -0.396 e. The molecule has 0 amide bonds. The topological polar surface area (TPSA) is 57.6 Å². The van der Waals surface area contributed by atoms with Gasteiger partial charge in [0, 0.05) is 19.7 Å². The summed E-state index contributed by atoms with van der Waals surface area (Å²) >= 11 is 0. The zero-order valence-electron chi connectivity index (χ0n) is 10.2. The van der Waals surface area contributed by atoms with Gasteiger partial charge in [0.25, 0.3) is 0 Å². The Morgan fingerprint density at radius 1 is 1.37 bits per heavy atom. The van der Waals surface area contributed by atoms with E-state index < -0.39 is 26.6 Å². The largest absolute Gasteiger partial charge is 0.396 e. The molecule has 1 aromatic carbocycles. The van der Waals surface area contributed by atoms with Crippen molar-refractivity contribution in [2.75, 3.05) is 19.7 Å². The van der Waals surface area contributed by atoms with E-state index in [1.54, 1.807) is 0 Å². The Bertz CT molecular complexity index is 562.